The second-order valence-corrected chi connectivity index (χ2v) is 6.26. The molecule has 0 fully saturated rings. The van der Waals surface area contributed by atoms with Crippen LogP contribution in [0, 0.1) is 0 Å². The Morgan fingerprint density at radius 2 is 1.68 bits per heavy atom. The fraction of sp³-hybridized carbons (Fsp3) is 0.200. The Balaban J connectivity index is 1.47. The number of nitrogens with one attached hydrogen (secondary N) is 3. The van der Waals surface area contributed by atoms with Crippen LogP contribution in [0.15, 0.2) is 67.3 Å². The van der Waals surface area contributed by atoms with Crippen molar-refractivity contribution in [2.75, 3.05) is 10.6 Å². The van der Waals surface area contributed by atoms with Gasteiger partial charge < -0.3 is 16.0 Å². The van der Waals surface area contributed by atoms with Gasteiger partial charge in [0.05, 0.1) is 12.6 Å². The second-order valence-electron chi connectivity index (χ2n) is 6.26. The van der Waals surface area contributed by atoms with Crippen LogP contribution in [0.3, 0.4) is 0 Å². The van der Waals surface area contributed by atoms with E-state index in [2.05, 4.69) is 26.0 Å². The summed E-state index contributed by atoms with van der Waals surface area (Å²) >= 11 is 0. The predicted octanol–water partition coefficient (Wildman–Crippen LogP) is 3.19. The summed E-state index contributed by atoms with van der Waals surface area (Å²) in [6.07, 6.45) is 3.35. The molecule has 0 aliphatic carbocycles. The van der Waals surface area contributed by atoms with Crippen LogP contribution < -0.4 is 16.0 Å². The van der Waals surface area contributed by atoms with Gasteiger partial charge in [0.15, 0.2) is 0 Å². The van der Waals surface area contributed by atoms with Gasteiger partial charge in [-0.3, -0.25) is 9.48 Å². The Morgan fingerprint density at radius 3 is 2.32 bits per heavy atom. The summed E-state index contributed by atoms with van der Waals surface area (Å²) < 4.78 is 1.62. The lowest BCUT2D eigenvalue weighted by Gasteiger charge is -2.15. The van der Waals surface area contributed by atoms with Gasteiger partial charge in [0.2, 0.25) is 5.91 Å². The molecule has 3 aromatic rings. The van der Waals surface area contributed by atoms with Crippen LogP contribution in [0.4, 0.5) is 16.2 Å². The predicted molar refractivity (Wildman–Crippen MR) is 107 cm³/mol. The van der Waals surface area contributed by atoms with Gasteiger partial charge in [-0.2, -0.15) is 5.10 Å². The molecule has 1 aromatic heterocycles. The van der Waals surface area contributed by atoms with Crippen molar-refractivity contribution in [1.82, 2.24) is 20.1 Å². The van der Waals surface area contributed by atoms with Crippen LogP contribution >= 0.6 is 0 Å². The van der Waals surface area contributed by atoms with Crippen molar-refractivity contribution in [2.45, 2.75) is 25.9 Å². The van der Waals surface area contributed by atoms with Gasteiger partial charge >= 0.3 is 6.03 Å². The van der Waals surface area contributed by atoms with E-state index in [-0.39, 0.29) is 18.0 Å². The zero-order valence-electron chi connectivity index (χ0n) is 15.5. The number of hydrogen-bond acceptors (Lipinski definition) is 4. The normalized spacial score (nSPS) is 11.5. The van der Waals surface area contributed by atoms with Gasteiger partial charge in [-0.15, -0.1) is 0 Å². The molecule has 0 unspecified atom stereocenters. The van der Waals surface area contributed by atoms with E-state index in [4.69, 9.17) is 0 Å². The number of hydrogen-bond donors (Lipinski definition) is 3. The van der Waals surface area contributed by atoms with Gasteiger partial charge in [-0.25, -0.2) is 9.78 Å². The number of rotatable bonds is 7. The summed E-state index contributed by atoms with van der Waals surface area (Å²) in [5.74, 6) is -0.0626. The molecule has 3 rings (SSSR count). The number of amides is 3. The minimum absolute atomic E-state index is 0.0626. The highest BCUT2D eigenvalue weighted by Crippen LogP contribution is 2.17. The molecule has 0 aliphatic heterocycles. The molecule has 1 heterocycles. The zero-order valence-corrected chi connectivity index (χ0v) is 15.5. The first-order valence-corrected chi connectivity index (χ1v) is 8.95. The average Bonchev–Trinajstić information content (AvgIpc) is 3.21. The van der Waals surface area contributed by atoms with E-state index in [1.807, 2.05) is 49.4 Å². The van der Waals surface area contributed by atoms with E-state index in [9.17, 15) is 9.59 Å². The van der Waals surface area contributed by atoms with Crippen molar-refractivity contribution >= 4 is 23.3 Å². The number of anilines is 2. The van der Waals surface area contributed by atoms with Crippen molar-refractivity contribution in [3.05, 3.63) is 72.8 Å². The lowest BCUT2D eigenvalue weighted by Crippen LogP contribution is -2.27. The molecule has 8 nitrogen and oxygen atoms in total. The maximum Gasteiger partial charge on any atom is 0.323 e. The molecule has 3 N–H and O–H groups in total. The lowest BCUT2D eigenvalue weighted by molar-refractivity contribution is -0.122. The summed E-state index contributed by atoms with van der Waals surface area (Å²) in [5, 5.41) is 12.5. The Kier molecular flexibility index (Phi) is 6.35. The van der Waals surface area contributed by atoms with Crippen molar-refractivity contribution in [1.29, 1.82) is 0 Å². The molecule has 8 heteroatoms. The Bertz CT molecular complexity index is 894. The SMILES string of the molecule is C[C@@H](NC(=O)CCn1cncn1)c1ccc(NC(=O)Nc2ccccc2)cc1. The van der Waals surface area contributed by atoms with Crippen molar-refractivity contribution in [3.8, 4) is 0 Å². The van der Waals surface area contributed by atoms with Crippen LogP contribution in [-0.2, 0) is 11.3 Å². The highest BCUT2D eigenvalue weighted by molar-refractivity contribution is 5.99. The largest absolute Gasteiger partial charge is 0.350 e. The maximum absolute atomic E-state index is 12.1. The molecule has 0 bridgehead atoms. The molecule has 144 valence electrons. The quantitative estimate of drug-likeness (QED) is 0.588. The topological polar surface area (TPSA) is 101 Å². The number of carbonyl (C=O) groups excluding carboxylic acids is 2. The first-order valence-electron chi connectivity index (χ1n) is 8.95. The van der Waals surface area contributed by atoms with E-state index in [0.717, 1.165) is 11.3 Å². The van der Waals surface area contributed by atoms with Crippen LogP contribution in [0.2, 0.25) is 0 Å². The molecular formula is C20H22N6O2. The zero-order chi connectivity index (χ0) is 19.8. The number of para-hydroxylation sites is 1. The Morgan fingerprint density at radius 1 is 1.00 bits per heavy atom. The average molecular weight is 378 g/mol. The van der Waals surface area contributed by atoms with Gasteiger partial charge in [-0.1, -0.05) is 30.3 Å². The molecule has 0 saturated heterocycles. The fourth-order valence-electron chi connectivity index (χ4n) is 2.63. The third-order valence-electron chi connectivity index (χ3n) is 4.11. The molecule has 0 spiro atoms. The van der Waals surface area contributed by atoms with E-state index in [1.165, 1.54) is 6.33 Å². The third-order valence-corrected chi connectivity index (χ3v) is 4.11. The van der Waals surface area contributed by atoms with Crippen LogP contribution in [0.1, 0.15) is 24.9 Å². The lowest BCUT2D eigenvalue weighted by atomic mass is 10.1. The molecular weight excluding hydrogens is 356 g/mol. The third kappa shape index (κ3) is 5.66. The molecule has 0 aliphatic rings. The minimum atomic E-state index is -0.312. The standard InChI is InChI=1S/C20H22N6O2/c1-15(23-19(27)11-12-26-14-21-13-22-26)16-7-9-18(10-8-16)25-20(28)24-17-5-3-2-4-6-17/h2-10,13-15H,11-12H2,1H3,(H,23,27)(H2,24,25,28)/t15-/m1/s1. The van der Waals surface area contributed by atoms with E-state index >= 15 is 0 Å². The van der Waals surface area contributed by atoms with E-state index in [0.29, 0.717) is 18.7 Å². The van der Waals surface area contributed by atoms with E-state index in [1.54, 1.807) is 23.1 Å². The van der Waals surface area contributed by atoms with Crippen molar-refractivity contribution in [2.24, 2.45) is 0 Å². The molecule has 0 radical (unpaired) electrons. The van der Waals surface area contributed by atoms with Gasteiger partial charge in [0.1, 0.15) is 12.7 Å². The van der Waals surface area contributed by atoms with Gasteiger partial charge in [0.25, 0.3) is 0 Å². The summed E-state index contributed by atoms with van der Waals surface area (Å²) in [5.41, 5.74) is 2.34. The highest BCUT2D eigenvalue weighted by atomic mass is 16.2. The number of aromatic nitrogens is 3. The van der Waals surface area contributed by atoms with Gasteiger partial charge in [-0.05, 0) is 36.8 Å². The van der Waals surface area contributed by atoms with Gasteiger partial charge in [0, 0.05) is 17.8 Å². The fourth-order valence-corrected chi connectivity index (χ4v) is 2.63. The Labute approximate surface area is 163 Å². The first-order chi connectivity index (χ1) is 13.6. The first kappa shape index (κ1) is 19.1. The number of nitrogens with zero attached hydrogens (tertiary/aromatic N) is 3. The van der Waals surface area contributed by atoms with Crippen molar-refractivity contribution < 1.29 is 9.59 Å². The second kappa shape index (κ2) is 9.31. The summed E-state index contributed by atoms with van der Waals surface area (Å²) in [6.45, 7) is 2.40. The molecule has 1 atom stereocenters. The summed E-state index contributed by atoms with van der Waals surface area (Å²) in [6, 6.07) is 16.1. The van der Waals surface area contributed by atoms with E-state index < -0.39 is 0 Å². The summed E-state index contributed by atoms with van der Waals surface area (Å²) in [7, 11) is 0. The monoisotopic (exact) mass is 378 g/mol. The minimum Gasteiger partial charge on any atom is -0.350 e. The highest BCUT2D eigenvalue weighted by Gasteiger charge is 2.10. The molecule has 3 amide bonds. The number of benzene rings is 2. The van der Waals surface area contributed by atoms with Crippen LogP contribution in [-0.4, -0.2) is 26.7 Å². The van der Waals surface area contributed by atoms with Crippen LogP contribution in [0.25, 0.3) is 0 Å². The Hall–Kier alpha value is -3.68. The molecule has 2 aromatic carbocycles. The molecule has 0 saturated carbocycles. The summed E-state index contributed by atoms with van der Waals surface area (Å²) in [4.78, 5) is 27.9. The molecule has 28 heavy (non-hydrogen) atoms. The maximum atomic E-state index is 12.1. The van der Waals surface area contributed by atoms with Crippen molar-refractivity contribution in [3.63, 3.8) is 0 Å². The number of carbonyl (C=O) groups is 2. The smallest absolute Gasteiger partial charge is 0.323 e. The number of urea groups is 1. The number of aryl methyl sites for hydroxylation is 1. The van der Waals surface area contributed by atoms with Crippen LogP contribution in [0.5, 0.6) is 0 Å².